The third-order valence-electron chi connectivity index (χ3n) is 4.38. The second kappa shape index (κ2) is 7.85. The number of carbonyl (C=O) groups is 1. The van der Waals surface area contributed by atoms with Crippen molar-refractivity contribution in [1.82, 2.24) is 15.5 Å². The maximum Gasteiger partial charge on any atom is 0.234 e. The number of piperidine rings is 1. The van der Waals surface area contributed by atoms with E-state index in [0.717, 1.165) is 32.5 Å². The monoisotopic (exact) mass is 269 g/mol. The van der Waals surface area contributed by atoms with Crippen LogP contribution in [0.25, 0.3) is 0 Å². The molecule has 112 valence electrons. The number of nitrogens with zero attached hydrogens (tertiary/aromatic N) is 1. The van der Waals surface area contributed by atoms with Gasteiger partial charge in [0.1, 0.15) is 0 Å². The van der Waals surface area contributed by atoms with Gasteiger partial charge in [0.15, 0.2) is 0 Å². The molecule has 1 aliphatic heterocycles. The van der Waals surface area contributed by atoms with Crippen molar-refractivity contribution >= 4 is 5.91 Å². The summed E-state index contributed by atoms with van der Waals surface area (Å²) in [4.78, 5) is 14.2. The summed E-state index contributed by atoms with van der Waals surface area (Å²) in [6.45, 7) is 10.3. The lowest BCUT2D eigenvalue weighted by Gasteiger charge is -2.38. The largest absolute Gasteiger partial charge is 0.352 e. The van der Waals surface area contributed by atoms with E-state index in [1.54, 1.807) is 0 Å². The maximum absolute atomic E-state index is 11.8. The lowest BCUT2D eigenvalue weighted by Crippen LogP contribution is -2.45. The van der Waals surface area contributed by atoms with Crippen LogP contribution in [0.4, 0.5) is 0 Å². The Morgan fingerprint density at radius 1 is 1.26 bits per heavy atom. The second-order valence-electron chi connectivity index (χ2n) is 6.30. The molecule has 0 spiro atoms. The number of hydrogen-bond acceptors (Lipinski definition) is 3. The van der Waals surface area contributed by atoms with Crippen molar-refractivity contribution in [1.29, 1.82) is 0 Å². The van der Waals surface area contributed by atoms with E-state index in [4.69, 9.17) is 0 Å². The fourth-order valence-corrected chi connectivity index (χ4v) is 2.58. The normalized spacial score (nSPS) is 19.6. The van der Waals surface area contributed by atoms with Gasteiger partial charge < -0.3 is 15.5 Å². The van der Waals surface area contributed by atoms with E-state index in [1.807, 2.05) is 0 Å². The van der Waals surface area contributed by atoms with Crippen molar-refractivity contribution in [3.05, 3.63) is 0 Å². The van der Waals surface area contributed by atoms with Gasteiger partial charge in [-0.1, -0.05) is 20.8 Å². The van der Waals surface area contributed by atoms with E-state index in [-0.39, 0.29) is 5.91 Å². The van der Waals surface area contributed by atoms with Gasteiger partial charge >= 0.3 is 0 Å². The summed E-state index contributed by atoms with van der Waals surface area (Å²) in [7, 11) is 2.18. The molecule has 0 aromatic heterocycles. The minimum Gasteiger partial charge on any atom is -0.352 e. The van der Waals surface area contributed by atoms with Crippen molar-refractivity contribution in [3.63, 3.8) is 0 Å². The Bertz CT molecular complexity index is 269. The molecule has 0 aromatic rings. The zero-order chi connectivity index (χ0) is 14.3. The van der Waals surface area contributed by atoms with E-state index in [0.29, 0.717) is 18.0 Å². The molecule has 0 atom stereocenters. The smallest absolute Gasteiger partial charge is 0.234 e. The quantitative estimate of drug-likeness (QED) is 0.738. The topological polar surface area (TPSA) is 44.4 Å². The Hall–Kier alpha value is -0.610. The summed E-state index contributed by atoms with van der Waals surface area (Å²) in [5, 5.41) is 6.40. The summed E-state index contributed by atoms with van der Waals surface area (Å²) in [5.74, 6) is 0.130. The molecule has 0 saturated carbocycles. The Kier molecular flexibility index (Phi) is 6.80. The molecule has 0 unspecified atom stereocenters. The summed E-state index contributed by atoms with van der Waals surface area (Å²) >= 11 is 0. The van der Waals surface area contributed by atoms with Gasteiger partial charge in [0.2, 0.25) is 5.91 Å². The van der Waals surface area contributed by atoms with Gasteiger partial charge in [0, 0.05) is 12.6 Å². The van der Waals surface area contributed by atoms with E-state index in [9.17, 15) is 4.79 Å². The average Bonchev–Trinajstić information content (AvgIpc) is 2.40. The second-order valence-corrected chi connectivity index (χ2v) is 6.30. The zero-order valence-electron chi connectivity index (χ0n) is 13.1. The predicted octanol–water partition coefficient (Wildman–Crippen LogP) is 1.61. The minimum absolute atomic E-state index is 0.130. The number of rotatable bonds is 7. The van der Waals surface area contributed by atoms with Crippen LogP contribution in [-0.2, 0) is 4.79 Å². The van der Waals surface area contributed by atoms with E-state index >= 15 is 0 Å². The number of nitrogens with one attached hydrogen (secondary N) is 2. The van der Waals surface area contributed by atoms with Crippen LogP contribution in [0.5, 0.6) is 0 Å². The number of amides is 1. The summed E-state index contributed by atoms with van der Waals surface area (Å²) in [6, 6.07) is 0.327. The molecule has 1 amide bonds. The van der Waals surface area contributed by atoms with E-state index in [1.165, 1.54) is 12.8 Å². The van der Waals surface area contributed by atoms with Crippen LogP contribution in [0, 0.1) is 5.41 Å². The van der Waals surface area contributed by atoms with Gasteiger partial charge in [-0.15, -0.1) is 0 Å². The molecule has 0 radical (unpaired) electrons. The first-order chi connectivity index (χ1) is 8.99. The molecule has 1 aliphatic rings. The molecule has 0 aromatic carbocycles. The van der Waals surface area contributed by atoms with Crippen LogP contribution in [0.1, 0.15) is 46.5 Å². The van der Waals surface area contributed by atoms with Crippen LogP contribution < -0.4 is 10.6 Å². The number of likely N-dealkylation sites (tertiary alicyclic amines) is 1. The first-order valence-electron chi connectivity index (χ1n) is 7.67. The highest BCUT2D eigenvalue weighted by atomic mass is 16.1. The lowest BCUT2D eigenvalue weighted by molar-refractivity contribution is -0.121. The van der Waals surface area contributed by atoms with Gasteiger partial charge in [-0.05, 0) is 51.2 Å². The highest BCUT2D eigenvalue weighted by Crippen LogP contribution is 2.29. The summed E-state index contributed by atoms with van der Waals surface area (Å²) in [6.07, 6.45) is 4.44. The van der Waals surface area contributed by atoms with Gasteiger partial charge in [-0.3, -0.25) is 4.79 Å². The summed E-state index contributed by atoms with van der Waals surface area (Å²) in [5.41, 5.74) is 0.349. The summed E-state index contributed by atoms with van der Waals surface area (Å²) < 4.78 is 0. The van der Waals surface area contributed by atoms with Crippen LogP contribution in [-0.4, -0.2) is 50.1 Å². The zero-order valence-corrected chi connectivity index (χ0v) is 13.1. The highest BCUT2D eigenvalue weighted by Gasteiger charge is 2.28. The van der Waals surface area contributed by atoms with E-state index in [2.05, 4.69) is 43.4 Å². The molecule has 2 N–H and O–H groups in total. The standard InChI is InChI=1S/C15H31N3O/c1-5-13(6-2)17-14(19)11-16-12-15(3)7-9-18(4)10-8-15/h13,16H,5-12H2,1-4H3,(H,17,19). The van der Waals surface area contributed by atoms with Crippen LogP contribution in [0.2, 0.25) is 0 Å². The van der Waals surface area contributed by atoms with Gasteiger partial charge in [-0.25, -0.2) is 0 Å². The molecular weight excluding hydrogens is 238 g/mol. The van der Waals surface area contributed by atoms with Crippen molar-refractivity contribution in [2.75, 3.05) is 33.2 Å². The highest BCUT2D eigenvalue weighted by molar-refractivity contribution is 5.78. The molecule has 1 heterocycles. The molecule has 1 rings (SSSR count). The molecule has 1 saturated heterocycles. The molecular formula is C15H31N3O. The van der Waals surface area contributed by atoms with Crippen molar-refractivity contribution in [2.24, 2.45) is 5.41 Å². The Morgan fingerprint density at radius 2 is 1.84 bits per heavy atom. The van der Waals surface area contributed by atoms with Gasteiger partial charge in [0.05, 0.1) is 6.54 Å². The Balaban J connectivity index is 2.20. The van der Waals surface area contributed by atoms with Crippen molar-refractivity contribution in [3.8, 4) is 0 Å². The molecule has 19 heavy (non-hydrogen) atoms. The van der Waals surface area contributed by atoms with Crippen molar-refractivity contribution < 1.29 is 4.79 Å². The Labute approximate surface area is 118 Å². The molecule has 4 nitrogen and oxygen atoms in total. The minimum atomic E-state index is 0.130. The number of hydrogen-bond donors (Lipinski definition) is 2. The van der Waals surface area contributed by atoms with Crippen LogP contribution in [0.15, 0.2) is 0 Å². The molecule has 1 fully saturated rings. The molecule has 0 bridgehead atoms. The third kappa shape index (κ3) is 5.91. The fraction of sp³-hybridized carbons (Fsp3) is 0.933. The van der Waals surface area contributed by atoms with E-state index < -0.39 is 0 Å². The Morgan fingerprint density at radius 3 is 2.37 bits per heavy atom. The lowest BCUT2D eigenvalue weighted by atomic mass is 9.80. The maximum atomic E-state index is 11.8. The predicted molar refractivity (Wildman–Crippen MR) is 80.2 cm³/mol. The van der Waals surface area contributed by atoms with Crippen molar-refractivity contribution in [2.45, 2.75) is 52.5 Å². The fourth-order valence-electron chi connectivity index (χ4n) is 2.58. The molecule has 4 heteroatoms. The van der Waals surface area contributed by atoms with Gasteiger partial charge in [-0.2, -0.15) is 0 Å². The first-order valence-corrected chi connectivity index (χ1v) is 7.67. The third-order valence-corrected chi connectivity index (χ3v) is 4.38. The van der Waals surface area contributed by atoms with Gasteiger partial charge in [0.25, 0.3) is 0 Å². The van der Waals surface area contributed by atoms with Crippen LogP contribution in [0.3, 0.4) is 0 Å². The number of carbonyl (C=O) groups excluding carboxylic acids is 1. The first kappa shape index (κ1) is 16.4. The SMILES string of the molecule is CCC(CC)NC(=O)CNCC1(C)CCN(C)CC1. The average molecular weight is 269 g/mol. The molecule has 0 aliphatic carbocycles. The van der Waals surface area contributed by atoms with Crippen LogP contribution >= 0.6 is 0 Å².